The Morgan fingerprint density at radius 2 is 1.71 bits per heavy atom. The minimum atomic E-state index is -0.269. The fourth-order valence-electron chi connectivity index (χ4n) is 5.12. The summed E-state index contributed by atoms with van der Waals surface area (Å²) in [7, 11) is 0. The van der Waals surface area contributed by atoms with Crippen LogP contribution >= 0.6 is 0 Å². The largest absolute Gasteiger partial charge is 0.349 e. The van der Waals surface area contributed by atoms with Gasteiger partial charge in [-0.1, -0.05) is 24.3 Å². The van der Waals surface area contributed by atoms with Crippen LogP contribution in [-0.4, -0.2) is 26.9 Å². The van der Waals surface area contributed by atoms with Crippen molar-refractivity contribution >= 4 is 16.8 Å². The monoisotopic (exact) mass is 454 g/mol. The molecule has 1 amide bonds. The molecule has 5 rings (SSSR count). The van der Waals surface area contributed by atoms with Gasteiger partial charge in [0.1, 0.15) is 17.7 Å². The van der Waals surface area contributed by atoms with Crippen LogP contribution in [0.1, 0.15) is 54.4 Å². The smallest absolute Gasteiger partial charge is 0.251 e. The first kappa shape index (κ1) is 22.1. The van der Waals surface area contributed by atoms with Gasteiger partial charge in [0.25, 0.3) is 5.91 Å². The number of hydrogen-bond acceptors (Lipinski definition) is 4. The third kappa shape index (κ3) is 4.53. The molecule has 0 bridgehead atoms. The standard InChI is InChI=1S/C28H27FN4O/c1-18(33-28(34)22-11-7-20(8-12-22)23-15-30-17-31-16-23)19-5-9-21(10-6-19)24-13-14-32-27-25(24)3-2-4-26(27)29/h2-4,7-8,11-19,21H,5-6,9-10H2,1H3,(H,33,34)/t18-,19?,21?/m1/s1. The molecule has 172 valence electrons. The average Bonchev–Trinajstić information content (AvgIpc) is 2.89. The van der Waals surface area contributed by atoms with Crippen molar-refractivity contribution in [2.24, 2.45) is 5.92 Å². The SMILES string of the molecule is C[C@@H](NC(=O)c1ccc(-c2cncnc2)cc1)C1CCC(c2ccnc3c(F)cccc23)CC1. The molecule has 34 heavy (non-hydrogen) atoms. The molecule has 6 heteroatoms. The quantitative estimate of drug-likeness (QED) is 0.406. The van der Waals surface area contributed by atoms with E-state index in [0.29, 0.717) is 22.9 Å². The number of nitrogens with one attached hydrogen (secondary N) is 1. The number of pyridine rings is 1. The number of halogens is 1. The molecule has 1 saturated carbocycles. The van der Waals surface area contributed by atoms with Crippen LogP contribution in [0.3, 0.4) is 0 Å². The van der Waals surface area contributed by atoms with E-state index in [1.165, 1.54) is 18.0 Å². The summed E-state index contributed by atoms with van der Waals surface area (Å²) in [4.78, 5) is 25.2. The van der Waals surface area contributed by atoms with Gasteiger partial charge in [0.2, 0.25) is 0 Å². The van der Waals surface area contributed by atoms with Gasteiger partial charge in [-0.05, 0) is 79.8 Å². The maximum Gasteiger partial charge on any atom is 0.251 e. The Morgan fingerprint density at radius 3 is 2.44 bits per heavy atom. The lowest BCUT2D eigenvalue weighted by Crippen LogP contribution is -2.39. The number of benzene rings is 2. The van der Waals surface area contributed by atoms with Crippen molar-refractivity contribution in [3.05, 3.63) is 90.4 Å². The van der Waals surface area contributed by atoms with E-state index in [1.54, 1.807) is 24.7 Å². The normalized spacial score (nSPS) is 19.0. The zero-order valence-electron chi connectivity index (χ0n) is 19.1. The average molecular weight is 455 g/mol. The second-order valence-electron chi connectivity index (χ2n) is 9.11. The number of hydrogen-bond donors (Lipinski definition) is 1. The number of para-hydroxylation sites is 1. The van der Waals surface area contributed by atoms with E-state index in [1.807, 2.05) is 36.4 Å². The number of fused-ring (bicyclic) bond motifs is 1. The molecule has 5 nitrogen and oxygen atoms in total. The number of rotatable bonds is 5. The van der Waals surface area contributed by atoms with Gasteiger partial charge in [0.05, 0.1) is 0 Å². The molecule has 0 unspecified atom stereocenters. The molecule has 1 N–H and O–H groups in total. The molecular formula is C28H27FN4O. The Balaban J connectivity index is 1.20. The summed E-state index contributed by atoms with van der Waals surface area (Å²) in [6, 6.07) is 14.8. The molecule has 1 atom stereocenters. The van der Waals surface area contributed by atoms with Crippen molar-refractivity contribution < 1.29 is 9.18 Å². The lowest BCUT2D eigenvalue weighted by atomic mass is 9.75. The number of nitrogens with zero attached hydrogens (tertiary/aromatic N) is 3. The van der Waals surface area contributed by atoms with Gasteiger partial charge in [-0.2, -0.15) is 0 Å². The first-order valence-electron chi connectivity index (χ1n) is 11.8. The second kappa shape index (κ2) is 9.67. The lowest BCUT2D eigenvalue weighted by Gasteiger charge is -2.33. The van der Waals surface area contributed by atoms with Gasteiger partial charge in [-0.25, -0.2) is 14.4 Å². The highest BCUT2D eigenvalue weighted by Crippen LogP contribution is 2.39. The van der Waals surface area contributed by atoms with Gasteiger partial charge in [-0.15, -0.1) is 0 Å². The van der Waals surface area contributed by atoms with Crippen molar-refractivity contribution in [1.82, 2.24) is 20.3 Å². The van der Waals surface area contributed by atoms with Crippen LogP contribution in [0.2, 0.25) is 0 Å². The summed E-state index contributed by atoms with van der Waals surface area (Å²) in [6.45, 7) is 2.09. The summed E-state index contributed by atoms with van der Waals surface area (Å²) in [6.07, 6.45) is 10.8. The van der Waals surface area contributed by atoms with Crippen LogP contribution in [-0.2, 0) is 0 Å². The summed E-state index contributed by atoms with van der Waals surface area (Å²) in [5, 5.41) is 4.11. The molecule has 1 fully saturated rings. The third-order valence-electron chi connectivity index (χ3n) is 7.07. The number of aromatic nitrogens is 3. The molecule has 0 saturated heterocycles. The van der Waals surface area contributed by atoms with Crippen molar-refractivity contribution in [3.63, 3.8) is 0 Å². The fourth-order valence-corrected chi connectivity index (χ4v) is 5.12. The molecule has 0 spiro atoms. The molecule has 2 aromatic carbocycles. The first-order valence-corrected chi connectivity index (χ1v) is 11.8. The van der Waals surface area contributed by atoms with Crippen molar-refractivity contribution in [3.8, 4) is 11.1 Å². The van der Waals surface area contributed by atoms with Crippen LogP contribution in [0.15, 0.2) is 73.4 Å². The second-order valence-corrected chi connectivity index (χ2v) is 9.11. The number of carbonyl (C=O) groups is 1. The van der Waals surface area contributed by atoms with Crippen molar-refractivity contribution in [1.29, 1.82) is 0 Å². The highest BCUT2D eigenvalue weighted by Gasteiger charge is 2.28. The van der Waals surface area contributed by atoms with E-state index in [-0.39, 0.29) is 17.8 Å². The Bertz CT molecular complexity index is 1290. The van der Waals surface area contributed by atoms with E-state index >= 15 is 0 Å². The van der Waals surface area contributed by atoms with E-state index < -0.39 is 0 Å². The summed E-state index contributed by atoms with van der Waals surface area (Å²) < 4.78 is 14.2. The van der Waals surface area contributed by atoms with Crippen LogP contribution in [0.25, 0.3) is 22.0 Å². The fraction of sp³-hybridized carbons (Fsp3) is 0.286. The van der Waals surface area contributed by atoms with Crippen LogP contribution in [0.5, 0.6) is 0 Å². The maximum atomic E-state index is 14.2. The van der Waals surface area contributed by atoms with Crippen LogP contribution in [0.4, 0.5) is 4.39 Å². The minimum Gasteiger partial charge on any atom is -0.349 e. The van der Waals surface area contributed by atoms with Crippen LogP contribution < -0.4 is 5.32 Å². The van der Waals surface area contributed by atoms with Crippen molar-refractivity contribution in [2.45, 2.75) is 44.6 Å². The topological polar surface area (TPSA) is 67.8 Å². The Kier molecular flexibility index (Phi) is 6.30. The molecule has 2 heterocycles. The van der Waals surface area contributed by atoms with Gasteiger partial charge in [0.15, 0.2) is 0 Å². The molecule has 2 aromatic heterocycles. The summed E-state index contributed by atoms with van der Waals surface area (Å²) in [5.41, 5.74) is 4.18. The predicted octanol–water partition coefficient (Wildman–Crippen LogP) is 5.92. The van der Waals surface area contributed by atoms with Gasteiger partial charge < -0.3 is 5.32 Å². The van der Waals surface area contributed by atoms with E-state index in [4.69, 9.17) is 0 Å². The molecule has 0 radical (unpaired) electrons. The van der Waals surface area contributed by atoms with Crippen LogP contribution in [0, 0.1) is 11.7 Å². The Morgan fingerprint density at radius 1 is 0.971 bits per heavy atom. The van der Waals surface area contributed by atoms with Gasteiger partial charge in [-0.3, -0.25) is 9.78 Å². The Labute approximate surface area is 198 Å². The summed E-state index contributed by atoms with van der Waals surface area (Å²) >= 11 is 0. The number of amides is 1. The molecular weight excluding hydrogens is 427 g/mol. The number of carbonyl (C=O) groups excluding carboxylic acids is 1. The maximum absolute atomic E-state index is 14.2. The summed E-state index contributed by atoms with van der Waals surface area (Å²) in [5.74, 6) is 0.488. The zero-order valence-corrected chi connectivity index (χ0v) is 19.1. The highest BCUT2D eigenvalue weighted by atomic mass is 19.1. The third-order valence-corrected chi connectivity index (χ3v) is 7.07. The van der Waals surface area contributed by atoms with Gasteiger partial charge in [0, 0.05) is 41.1 Å². The molecule has 1 aliphatic carbocycles. The molecule has 1 aliphatic rings. The predicted molar refractivity (Wildman–Crippen MR) is 131 cm³/mol. The van der Waals surface area contributed by atoms with E-state index in [9.17, 15) is 9.18 Å². The minimum absolute atomic E-state index is 0.0545. The van der Waals surface area contributed by atoms with Crippen molar-refractivity contribution in [2.75, 3.05) is 0 Å². The molecule has 0 aliphatic heterocycles. The highest BCUT2D eigenvalue weighted by molar-refractivity contribution is 5.94. The van der Waals surface area contributed by atoms with E-state index in [0.717, 1.165) is 42.2 Å². The van der Waals surface area contributed by atoms with E-state index in [2.05, 4.69) is 27.2 Å². The Hall–Kier alpha value is -3.67. The lowest BCUT2D eigenvalue weighted by molar-refractivity contribution is 0.0918. The molecule has 4 aromatic rings. The first-order chi connectivity index (χ1) is 16.6. The van der Waals surface area contributed by atoms with Gasteiger partial charge >= 0.3 is 0 Å². The zero-order chi connectivity index (χ0) is 23.5.